The number of carbonyl (C=O) groups excluding carboxylic acids is 1. The number of aromatic nitrogens is 4. The average molecular weight is 341 g/mol. The zero-order valence-electron chi connectivity index (χ0n) is 11.8. The van der Waals surface area contributed by atoms with E-state index in [1.807, 2.05) is 14.0 Å². The summed E-state index contributed by atoms with van der Waals surface area (Å²) in [5, 5.41) is 8.51. The van der Waals surface area contributed by atoms with Crippen molar-refractivity contribution in [1.29, 1.82) is 0 Å². The molecular weight excluding hydrogens is 324 g/mol. The fourth-order valence-corrected chi connectivity index (χ4v) is 2.52. The SMILES string of the molecule is CCc1nn(C)cc1C(=O)c1c(Br)cnn1CCOC. The third-order valence-electron chi connectivity index (χ3n) is 3.00. The zero-order valence-corrected chi connectivity index (χ0v) is 13.3. The maximum atomic E-state index is 12.7. The molecule has 0 saturated heterocycles. The van der Waals surface area contributed by atoms with Gasteiger partial charge in [0.05, 0.1) is 35.1 Å². The van der Waals surface area contributed by atoms with Crippen molar-refractivity contribution in [1.82, 2.24) is 19.6 Å². The van der Waals surface area contributed by atoms with Gasteiger partial charge in [0.1, 0.15) is 5.69 Å². The van der Waals surface area contributed by atoms with Gasteiger partial charge in [0.2, 0.25) is 5.78 Å². The van der Waals surface area contributed by atoms with E-state index < -0.39 is 0 Å². The number of rotatable bonds is 6. The molecule has 0 aliphatic rings. The second-order valence-electron chi connectivity index (χ2n) is 4.40. The van der Waals surface area contributed by atoms with E-state index in [9.17, 15) is 4.79 Å². The van der Waals surface area contributed by atoms with Crippen molar-refractivity contribution >= 4 is 21.7 Å². The predicted molar refractivity (Wildman–Crippen MR) is 77.8 cm³/mol. The minimum atomic E-state index is -0.0737. The van der Waals surface area contributed by atoms with Crippen LogP contribution < -0.4 is 0 Å². The Hall–Kier alpha value is -1.47. The van der Waals surface area contributed by atoms with Crippen molar-refractivity contribution in [3.8, 4) is 0 Å². The number of methoxy groups -OCH3 is 1. The molecule has 0 unspecified atom stereocenters. The van der Waals surface area contributed by atoms with Crippen molar-refractivity contribution in [2.75, 3.05) is 13.7 Å². The molecule has 2 rings (SSSR count). The van der Waals surface area contributed by atoms with Crippen molar-refractivity contribution in [2.24, 2.45) is 7.05 Å². The van der Waals surface area contributed by atoms with Crippen LogP contribution in [0.15, 0.2) is 16.9 Å². The Bertz CT molecular complexity index is 618. The molecule has 7 heteroatoms. The van der Waals surface area contributed by atoms with Gasteiger partial charge in [0, 0.05) is 20.4 Å². The molecule has 0 bridgehead atoms. The molecular formula is C13H17BrN4O2. The molecule has 0 amide bonds. The topological polar surface area (TPSA) is 61.9 Å². The number of nitrogens with zero attached hydrogens (tertiary/aromatic N) is 4. The molecule has 2 aromatic rings. The van der Waals surface area contributed by atoms with E-state index in [0.717, 1.165) is 5.69 Å². The van der Waals surface area contributed by atoms with Crippen LogP contribution in [-0.2, 0) is 24.8 Å². The molecule has 0 atom stereocenters. The maximum absolute atomic E-state index is 12.7. The third kappa shape index (κ3) is 2.83. The van der Waals surface area contributed by atoms with Crippen LogP contribution in [0.2, 0.25) is 0 Å². The summed E-state index contributed by atoms with van der Waals surface area (Å²) in [5.74, 6) is -0.0737. The van der Waals surface area contributed by atoms with E-state index in [-0.39, 0.29) is 5.78 Å². The average Bonchev–Trinajstić information content (AvgIpc) is 2.98. The number of ether oxygens (including phenoxy) is 1. The smallest absolute Gasteiger partial charge is 0.215 e. The number of hydrogen-bond donors (Lipinski definition) is 0. The minimum absolute atomic E-state index is 0.0737. The van der Waals surface area contributed by atoms with Crippen LogP contribution in [0.3, 0.4) is 0 Å². The van der Waals surface area contributed by atoms with Crippen LogP contribution >= 0.6 is 15.9 Å². The van der Waals surface area contributed by atoms with Gasteiger partial charge in [-0.1, -0.05) is 6.92 Å². The van der Waals surface area contributed by atoms with Gasteiger partial charge in [0.25, 0.3) is 0 Å². The van der Waals surface area contributed by atoms with Gasteiger partial charge in [-0.15, -0.1) is 0 Å². The first kappa shape index (κ1) is 14.9. The molecule has 0 aliphatic heterocycles. The summed E-state index contributed by atoms with van der Waals surface area (Å²) in [6.07, 6.45) is 4.10. The van der Waals surface area contributed by atoms with Crippen LogP contribution in [-0.4, -0.2) is 39.1 Å². The molecule has 20 heavy (non-hydrogen) atoms. The van der Waals surface area contributed by atoms with Crippen molar-refractivity contribution in [2.45, 2.75) is 19.9 Å². The monoisotopic (exact) mass is 340 g/mol. The van der Waals surface area contributed by atoms with Gasteiger partial charge in [0.15, 0.2) is 0 Å². The zero-order chi connectivity index (χ0) is 14.7. The Balaban J connectivity index is 2.39. The first-order valence-corrected chi connectivity index (χ1v) is 7.15. The summed E-state index contributed by atoms with van der Waals surface area (Å²) < 4.78 is 9.04. The molecule has 2 heterocycles. The lowest BCUT2D eigenvalue weighted by Crippen LogP contribution is -2.15. The summed E-state index contributed by atoms with van der Waals surface area (Å²) in [5.41, 5.74) is 1.95. The van der Waals surface area contributed by atoms with E-state index in [1.165, 1.54) is 0 Å². The largest absolute Gasteiger partial charge is 0.383 e. The summed E-state index contributed by atoms with van der Waals surface area (Å²) in [7, 11) is 3.43. The van der Waals surface area contributed by atoms with E-state index in [0.29, 0.717) is 35.3 Å². The molecule has 0 fully saturated rings. The number of hydrogen-bond acceptors (Lipinski definition) is 4. The molecule has 6 nitrogen and oxygen atoms in total. The molecule has 0 spiro atoms. The summed E-state index contributed by atoms with van der Waals surface area (Å²) >= 11 is 3.39. The highest BCUT2D eigenvalue weighted by Crippen LogP contribution is 2.21. The highest BCUT2D eigenvalue weighted by molar-refractivity contribution is 9.10. The van der Waals surface area contributed by atoms with Gasteiger partial charge in [-0.25, -0.2) is 0 Å². The molecule has 0 saturated carbocycles. The number of carbonyl (C=O) groups is 1. The van der Waals surface area contributed by atoms with E-state index >= 15 is 0 Å². The molecule has 0 N–H and O–H groups in total. The lowest BCUT2D eigenvalue weighted by Gasteiger charge is -2.06. The standard InChI is InChI=1S/C13H17BrN4O2/c1-4-11-9(8-17(2)16-11)13(19)12-10(14)7-15-18(12)5-6-20-3/h7-8H,4-6H2,1-3H3. The second kappa shape index (κ2) is 6.32. The quantitative estimate of drug-likeness (QED) is 0.752. The lowest BCUT2D eigenvalue weighted by molar-refractivity contribution is 0.102. The summed E-state index contributed by atoms with van der Waals surface area (Å²) in [6.45, 7) is 3.02. The van der Waals surface area contributed by atoms with E-state index in [1.54, 1.807) is 28.9 Å². The number of ketones is 1. The fraction of sp³-hybridized carbons (Fsp3) is 0.462. The van der Waals surface area contributed by atoms with Gasteiger partial charge < -0.3 is 4.74 Å². The van der Waals surface area contributed by atoms with Crippen molar-refractivity contribution in [3.63, 3.8) is 0 Å². The van der Waals surface area contributed by atoms with E-state index in [2.05, 4.69) is 26.1 Å². The van der Waals surface area contributed by atoms with Crippen LogP contribution in [0.25, 0.3) is 0 Å². The summed E-state index contributed by atoms with van der Waals surface area (Å²) in [6, 6.07) is 0. The first-order valence-electron chi connectivity index (χ1n) is 6.36. The Labute approximate surface area is 125 Å². The van der Waals surface area contributed by atoms with Crippen molar-refractivity contribution < 1.29 is 9.53 Å². The molecule has 0 aliphatic carbocycles. The molecule has 2 aromatic heterocycles. The predicted octanol–water partition coefficient (Wildman–Crippen LogP) is 1.82. The van der Waals surface area contributed by atoms with Crippen LogP contribution in [0.4, 0.5) is 0 Å². The first-order chi connectivity index (χ1) is 9.58. The Kier molecular flexibility index (Phi) is 4.72. The number of aryl methyl sites for hydroxylation is 2. The lowest BCUT2D eigenvalue weighted by atomic mass is 10.1. The van der Waals surface area contributed by atoms with Crippen LogP contribution in [0.5, 0.6) is 0 Å². The second-order valence-corrected chi connectivity index (χ2v) is 5.26. The highest BCUT2D eigenvalue weighted by Gasteiger charge is 2.22. The Morgan fingerprint density at radius 1 is 1.50 bits per heavy atom. The number of halogens is 1. The normalized spacial score (nSPS) is 11.0. The minimum Gasteiger partial charge on any atom is -0.383 e. The third-order valence-corrected chi connectivity index (χ3v) is 3.58. The Morgan fingerprint density at radius 2 is 2.25 bits per heavy atom. The molecule has 0 radical (unpaired) electrons. The Morgan fingerprint density at radius 3 is 2.90 bits per heavy atom. The van der Waals surface area contributed by atoms with Gasteiger partial charge in [-0.05, 0) is 22.4 Å². The van der Waals surface area contributed by atoms with Crippen molar-refractivity contribution in [3.05, 3.63) is 33.8 Å². The van der Waals surface area contributed by atoms with Gasteiger partial charge in [-0.2, -0.15) is 10.2 Å². The van der Waals surface area contributed by atoms with Crippen LogP contribution in [0.1, 0.15) is 28.7 Å². The fourth-order valence-electron chi connectivity index (χ4n) is 2.05. The maximum Gasteiger partial charge on any atom is 0.215 e. The molecule has 108 valence electrons. The molecule has 0 aromatic carbocycles. The van der Waals surface area contributed by atoms with E-state index in [4.69, 9.17) is 4.74 Å². The summed E-state index contributed by atoms with van der Waals surface area (Å²) in [4.78, 5) is 12.7. The van der Waals surface area contributed by atoms with Gasteiger partial charge >= 0.3 is 0 Å². The highest BCUT2D eigenvalue weighted by atomic mass is 79.9. The van der Waals surface area contributed by atoms with Crippen LogP contribution in [0, 0.1) is 0 Å². The van der Waals surface area contributed by atoms with Gasteiger partial charge in [-0.3, -0.25) is 14.2 Å².